The molecule has 25 heavy (non-hydrogen) atoms. The number of aromatic hydroxyl groups is 1. The van der Waals surface area contributed by atoms with Gasteiger partial charge in [0.05, 0.1) is 0 Å². The van der Waals surface area contributed by atoms with E-state index in [0.717, 1.165) is 38.2 Å². The Balaban J connectivity index is 2.46. The van der Waals surface area contributed by atoms with Crippen LogP contribution in [0.5, 0.6) is 5.75 Å². The maximum atomic E-state index is 14.6. The van der Waals surface area contributed by atoms with Gasteiger partial charge in [-0.15, -0.1) is 0 Å². The summed E-state index contributed by atoms with van der Waals surface area (Å²) in [4.78, 5) is 0. The van der Waals surface area contributed by atoms with Crippen molar-refractivity contribution >= 4 is 23.1 Å². The van der Waals surface area contributed by atoms with Gasteiger partial charge < -0.3 is 9.67 Å². The van der Waals surface area contributed by atoms with Crippen LogP contribution in [0, 0.1) is 27.7 Å². The number of phenolic OH excluding ortho intramolecular Hbond substituents is 1. The van der Waals surface area contributed by atoms with Gasteiger partial charge in [-0.1, -0.05) is 60.7 Å². The summed E-state index contributed by atoms with van der Waals surface area (Å²) >= 11 is 0. The molecule has 0 spiro atoms. The van der Waals surface area contributed by atoms with Crippen LogP contribution in [0.15, 0.2) is 60.7 Å². The second-order valence-electron chi connectivity index (χ2n) is 6.48. The average Bonchev–Trinajstić information content (AvgIpc) is 2.66. The molecule has 0 bridgehead atoms. The van der Waals surface area contributed by atoms with E-state index in [9.17, 15) is 9.67 Å². The second kappa shape index (κ2) is 6.54. The van der Waals surface area contributed by atoms with Crippen molar-refractivity contribution in [2.75, 3.05) is 0 Å². The predicted molar refractivity (Wildman–Crippen MR) is 106 cm³/mol. The minimum absolute atomic E-state index is 0.298. The van der Waals surface area contributed by atoms with E-state index in [1.165, 1.54) is 0 Å². The molecule has 0 aromatic heterocycles. The van der Waals surface area contributed by atoms with Crippen LogP contribution >= 0.6 is 7.14 Å². The normalized spacial score (nSPS) is 11.5. The van der Waals surface area contributed by atoms with Crippen LogP contribution in [0.4, 0.5) is 0 Å². The predicted octanol–water partition coefficient (Wildman–Crippen LogP) is 4.27. The van der Waals surface area contributed by atoms with E-state index in [1.54, 1.807) is 0 Å². The van der Waals surface area contributed by atoms with Crippen molar-refractivity contribution in [3.63, 3.8) is 0 Å². The van der Waals surface area contributed by atoms with Gasteiger partial charge in [0.25, 0.3) is 0 Å². The molecule has 0 saturated carbocycles. The highest BCUT2D eigenvalue weighted by Crippen LogP contribution is 2.46. The van der Waals surface area contributed by atoms with Crippen LogP contribution in [0.1, 0.15) is 22.3 Å². The quantitative estimate of drug-likeness (QED) is 0.717. The van der Waals surface area contributed by atoms with Crippen molar-refractivity contribution in [3.05, 3.63) is 82.9 Å². The lowest BCUT2D eigenvalue weighted by molar-refractivity contribution is 0.466. The van der Waals surface area contributed by atoms with Gasteiger partial charge in [-0.05, 0) is 49.9 Å². The molecule has 0 heterocycles. The summed E-state index contributed by atoms with van der Waals surface area (Å²) in [5, 5.41) is 12.9. The lowest BCUT2D eigenvalue weighted by Crippen LogP contribution is -2.29. The monoisotopic (exact) mass is 350 g/mol. The van der Waals surface area contributed by atoms with Crippen LogP contribution in [-0.4, -0.2) is 5.11 Å². The van der Waals surface area contributed by atoms with Crippen LogP contribution in [0.2, 0.25) is 0 Å². The van der Waals surface area contributed by atoms with E-state index in [-0.39, 0.29) is 0 Å². The van der Waals surface area contributed by atoms with Gasteiger partial charge in [-0.2, -0.15) is 0 Å². The molecule has 3 heteroatoms. The topological polar surface area (TPSA) is 37.3 Å². The zero-order chi connectivity index (χ0) is 18.2. The van der Waals surface area contributed by atoms with Gasteiger partial charge >= 0.3 is 0 Å². The van der Waals surface area contributed by atoms with E-state index in [2.05, 4.69) is 0 Å². The number of hydrogen-bond donors (Lipinski definition) is 1. The van der Waals surface area contributed by atoms with Crippen LogP contribution in [-0.2, 0) is 4.57 Å². The molecule has 0 aliphatic rings. The summed E-state index contributed by atoms with van der Waals surface area (Å²) < 4.78 is 14.6. The van der Waals surface area contributed by atoms with E-state index in [1.807, 2.05) is 88.4 Å². The number of rotatable bonds is 3. The first kappa shape index (κ1) is 17.5. The lowest BCUT2D eigenvalue weighted by atomic mass is 10.00. The Morgan fingerprint density at radius 3 is 1.36 bits per heavy atom. The van der Waals surface area contributed by atoms with E-state index >= 15 is 0 Å². The first-order valence-electron chi connectivity index (χ1n) is 8.40. The number of benzene rings is 3. The van der Waals surface area contributed by atoms with Crippen molar-refractivity contribution in [1.82, 2.24) is 0 Å². The third-order valence-electron chi connectivity index (χ3n) is 5.10. The van der Waals surface area contributed by atoms with E-state index < -0.39 is 7.14 Å². The molecule has 0 fully saturated rings. The van der Waals surface area contributed by atoms with Crippen molar-refractivity contribution in [1.29, 1.82) is 0 Å². The highest BCUT2D eigenvalue weighted by atomic mass is 31.2. The summed E-state index contributed by atoms with van der Waals surface area (Å²) in [5.41, 5.74) is 3.39. The van der Waals surface area contributed by atoms with Crippen molar-refractivity contribution in [2.24, 2.45) is 0 Å². The zero-order valence-electron chi connectivity index (χ0n) is 15.1. The fourth-order valence-electron chi connectivity index (χ4n) is 3.43. The Kier molecular flexibility index (Phi) is 4.58. The summed E-state index contributed by atoms with van der Waals surface area (Å²) in [7, 11) is -3.04. The summed E-state index contributed by atoms with van der Waals surface area (Å²) in [6.45, 7) is 7.69. The molecule has 128 valence electrons. The molecule has 3 aromatic rings. The number of phenols is 1. The van der Waals surface area contributed by atoms with E-state index in [4.69, 9.17) is 0 Å². The summed E-state index contributed by atoms with van der Waals surface area (Å²) in [6, 6.07) is 19.3. The third kappa shape index (κ3) is 2.71. The summed E-state index contributed by atoms with van der Waals surface area (Å²) in [6.07, 6.45) is 0. The van der Waals surface area contributed by atoms with Gasteiger partial charge in [0.15, 0.2) is 7.14 Å². The van der Waals surface area contributed by atoms with Gasteiger partial charge in [0, 0.05) is 15.9 Å². The highest BCUT2D eigenvalue weighted by Gasteiger charge is 2.34. The van der Waals surface area contributed by atoms with Crippen LogP contribution in [0.25, 0.3) is 0 Å². The van der Waals surface area contributed by atoms with Crippen molar-refractivity contribution in [3.8, 4) is 5.75 Å². The second-order valence-corrected chi connectivity index (χ2v) is 9.18. The smallest absolute Gasteiger partial charge is 0.171 e. The molecule has 0 aliphatic heterocycles. The largest absolute Gasteiger partial charge is 0.507 e. The van der Waals surface area contributed by atoms with Crippen molar-refractivity contribution in [2.45, 2.75) is 27.7 Å². The maximum Gasteiger partial charge on any atom is 0.171 e. The molecular formula is C22H23O2P. The molecule has 3 aromatic carbocycles. The molecule has 3 rings (SSSR count). The minimum Gasteiger partial charge on any atom is -0.507 e. The van der Waals surface area contributed by atoms with Gasteiger partial charge in [-0.3, -0.25) is 0 Å². The minimum atomic E-state index is -3.04. The van der Waals surface area contributed by atoms with Crippen LogP contribution < -0.4 is 15.9 Å². The Bertz CT molecular complexity index is 888. The van der Waals surface area contributed by atoms with Gasteiger partial charge in [-0.25, -0.2) is 0 Å². The molecule has 0 aliphatic carbocycles. The first-order valence-corrected chi connectivity index (χ1v) is 10.1. The van der Waals surface area contributed by atoms with Crippen molar-refractivity contribution < 1.29 is 9.67 Å². The Morgan fingerprint density at radius 1 is 0.640 bits per heavy atom. The molecule has 0 atom stereocenters. The first-order chi connectivity index (χ1) is 11.9. The van der Waals surface area contributed by atoms with E-state index in [0.29, 0.717) is 5.75 Å². The van der Waals surface area contributed by atoms with Gasteiger partial charge in [0.1, 0.15) is 5.75 Å². The average molecular weight is 350 g/mol. The summed E-state index contributed by atoms with van der Waals surface area (Å²) in [5.74, 6) is 0.298. The standard InChI is InChI=1S/C22H23O2P/c1-15-17(3)22(18(4)16(2)21(15)23)25(24,19-11-7-5-8-12-19)20-13-9-6-10-14-20/h5-14,23H,1-4H3. The molecule has 0 radical (unpaired) electrons. The SMILES string of the molecule is Cc1c(C)c(P(=O)(c2ccccc2)c2ccccc2)c(C)c(C)c1O. The fraction of sp³-hybridized carbons (Fsp3) is 0.182. The molecule has 2 nitrogen and oxygen atoms in total. The molecular weight excluding hydrogens is 327 g/mol. The Hall–Kier alpha value is -2.31. The zero-order valence-corrected chi connectivity index (χ0v) is 16.0. The molecule has 1 N–H and O–H groups in total. The number of hydrogen-bond acceptors (Lipinski definition) is 2. The lowest BCUT2D eigenvalue weighted by Gasteiger charge is -2.26. The maximum absolute atomic E-state index is 14.6. The Morgan fingerprint density at radius 2 is 1.00 bits per heavy atom. The molecule has 0 amide bonds. The molecule has 0 saturated heterocycles. The fourth-order valence-corrected chi connectivity index (χ4v) is 6.71. The Labute approximate surface area is 149 Å². The van der Waals surface area contributed by atoms with Crippen LogP contribution in [0.3, 0.4) is 0 Å². The van der Waals surface area contributed by atoms with Gasteiger partial charge in [0.2, 0.25) is 0 Å². The third-order valence-corrected chi connectivity index (χ3v) is 8.45. The highest BCUT2D eigenvalue weighted by molar-refractivity contribution is 7.85. The molecule has 0 unspecified atom stereocenters.